The van der Waals surface area contributed by atoms with Crippen LogP contribution in [0.1, 0.15) is 39.0 Å². The molecule has 0 saturated carbocycles. The Bertz CT molecular complexity index is 1290. The van der Waals surface area contributed by atoms with Crippen molar-refractivity contribution in [2.24, 2.45) is 5.10 Å². The number of methoxy groups -OCH3 is 1. The van der Waals surface area contributed by atoms with Gasteiger partial charge >= 0.3 is 0 Å². The van der Waals surface area contributed by atoms with Crippen LogP contribution in [0.4, 0.5) is 5.69 Å². The summed E-state index contributed by atoms with van der Waals surface area (Å²) in [6.45, 7) is 0. The first-order chi connectivity index (χ1) is 16.9. The maximum absolute atomic E-state index is 14.0. The van der Waals surface area contributed by atoms with Crippen LogP contribution >= 0.6 is 0 Å². The minimum atomic E-state index is -1.05. The zero-order valence-corrected chi connectivity index (χ0v) is 19.7. The molecule has 0 bridgehead atoms. The van der Waals surface area contributed by atoms with Gasteiger partial charge in [0.1, 0.15) is 17.8 Å². The Morgan fingerprint density at radius 2 is 1.71 bits per heavy atom. The van der Waals surface area contributed by atoms with E-state index < -0.39 is 24.0 Å². The standard InChI is InChI=1S/C27H26N4O4/c1-29(2)20-12-8-17(9-13-20)23-25(31(33)34)24-22-7-5-4-6-19(22)16-28-30(24)26(23)27(32)18-10-14-21(35-3)15-11-18/h4-16,23-26H,1-3H3/t23-,24+,25+,26+/m1/s1. The van der Waals surface area contributed by atoms with E-state index in [1.54, 1.807) is 42.6 Å². The molecule has 2 aliphatic heterocycles. The summed E-state index contributed by atoms with van der Waals surface area (Å²) >= 11 is 0. The van der Waals surface area contributed by atoms with Gasteiger partial charge in [0.25, 0.3) is 0 Å². The normalized spacial score (nSPS) is 22.3. The molecule has 5 rings (SSSR count). The van der Waals surface area contributed by atoms with E-state index in [1.807, 2.05) is 67.5 Å². The number of hydrogen-bond acceptors (Lipinski definition) is 7. The van der Waals surface area contributed by atoms with Crippen LogP contribution in [0.15, 0.2) is 77.9 Å². The summed E-state index contributed by atoms with van der Waals surface area (Å²) < 4.78 is 5.23. The molecule has 3 aromatic rings. The molecule has 1 fully saturated rings. The Morgan fingerprint density at radius 1 is 1.03 bits per heavy atom. The smallest absolute Gasteiger partial charge is 0.248 e. The Kier molecular flexibility index (Phi) is 5.72. The fourth-order valence-corrected chi connectivity index (χ4v) is 5.20. The average molecular weight is 471 g/mol. The second-order valence-corrected chi connectivity index (χ2v) is 9.02. The maximum atomic E-state index is 14.0. The summed E-state index contributed by atoms with van der Waals surface area (Å²) in [6.07, 6.45) is 1.69. The van der Waals surface area contributed by atoms with Crippen LogP contribution in [0.25, 0.3) is 0 Å². The molecule has 3 aromatic carbocycles. The molecule has 8 nitrogen and oxygen atoms in total. The number of Topliss-reactive ketones (excluding diaryl/α,β-unsaturated/α-hetero) is 1. The van der Waals surface area contributed by atoms with E-state index in [0.29, 0.717) is 11.3 Å². The van der Waals surface area contributed by atoms with Crippen molar-refractivity contribution in [3.05, 3.63) is 105 Å². The predicted molar refractivity (Wildman–Crippen MR) is 134 cm³/mol. The van der Waals surface area contributed by atoms with E-state index in [2.05, 4.69) is 5.10 Å². The monoisotopic (exact) mass is 470 g/mol. The first-order valence-corrected chi connectivity index (χ1v) is 11.4. The molecule has 0 unspecified atom stereocenters. The average Bonchev–Trinajstić information content (AvgIpc) is 3.24. The van der Waals surface area contributed by atoms with Crippen molar-refractivity contribution < 1.29 is 14.5 Å². The van der Waals surface area contributed by atoms with Crippen molar-refractivity contribution in [1.29, 1.82) is 0 Å². The Hall–Kier alpha value is -4.20. The number of nitrogens with zero attached hydrogens (tertiary/aromatic N) is 4. The Balaban J connectivity index is 1.66. The fraction of sp³-hybridized carbons (Fsp3) is 0.259. The maximum Gasteiger partial charge on any atom is 0.248 e. The van der Waals surface area contributed by atoms with Crippen molar-refractivity contribution in [2.45, 2.75) is 24.0 Å². The third-order valence-corrected chi connectivity index (χ3v) is 6.93. The highest BCUT2D eigenvalue weighted by molar-refractivity contribution is 6.01. The largest absolute Gasteiger partial charge is 0.497 e. The van der Waals surface area contributed by atoms with E-state index >= 15 is 0 Å². The fourth-order valence-electron chi connectivity index (χ4n) is 5.20. The van der Waals surface area contributed by atoms with Gasteiger partial charge in [-0.25, -0.2) is 0 Å². The van der Waals surface area contributed by atoms with E-state index in [9.17, 15) is 14.9 Å². The van der Waals surface area contributed by atoms with Gasteiger partial charge in [-0.15, -0.1) is 0 Å². The van der Waals surface area contributed by atoms with Crippen molar-refractivity contribution in [1.82, 2.24) is 5.01 Å². The van der Waals surface area contributed by atoms with E-state index in [4.69, 9.17) is 4.74 Å². The lowest BCUT2D eigenvalue weighted by Gasteiger charge is -2.30. The first kappa shape index (κ1) is 22.6. The van der Waals surface area contributed by atoms with Gasteiger partial charge in [-0.2, -0.15) is 5.10 Å². The number of hydrazone groups is 1. The highest BCUT2D eigenvalue weighted by Gasteiger charge is 2.60. The minimum Gasteiger partial charge on any atom is -0.497 e. The van der Waals surface area contributed by atoms with Crippen LogP contribution in [0.2, 0.25) is 0 Å². The summed E-state index contributed by atoms with van der Waals surface area (Å²) in [6, 6.07) is 19.5. The Labute approximate surface area is 203 Å². The van der Waals surface area contributed by atoms with E-state index in [0.717, 1.165) is 22.4 Å². The molecule has 4 atom stereocenters. The molecule has 2 heterocycles. The molecule has 0 N–H and O–H groups in total. The van der Waals surface area contributed by atoms with Crippen LogP contribution in [0.3, 0.4) is 0 Å². The van der Waals surface area contributed by atoms with Crippen LogP contribution in [-0.4, -0.2) is 55.2 Å². The van der Waals surface area contributed by atoms with Crippen molar-refractivity contribution in [3.8, 4) is 5.75 Å². The second kappa shape index (κ2) is 8.87. The van der Waals surface area contributed by atoms with Gasteiger partial charge < -0.3 is 9.64 Å². The van der Waals surface area contributed by atoms with Gasteiger partial charge in [0, 0.05) is 35.8 Å². The van der Waals surface area contributed by atoms with E-state index in [1.165, 1.54) is 0 Å². The quantitative estimate of drug-likeness (QED) is 0.306. The number of nitro groups is 1. The number of ether oxygens (including phenoxy) is 1. The van der Waals surface area contributed by atoms with E-state index in [-0.39, 0.29) is 10.7 Å². The number of ketones is 1. The molecule has 0 aromatic heterocycles. The van der Waals surface area contributed by atoms with Gasteiger partial charge in [0.2, 0.25) is 6.04 Å². The molecule has 0 radical (unpaired) electrons. The molecule has 2 aliphatic rings. The van der Waals surface area contributed by atoms with Gasteiger partial charge in [-0.3, -0.25) is 19.9 Å². The number of hydrogen-bond donors (Lipinski definition) is 0. The lowest BCUT2D eigenvalue weighted by molar-refractivity contribution is -0.529. The summed E-state index contributed by atoms with van der Waals surface area (Å²) in [5.41, 5.74) is 3.82. The number of carbonyl (C=O) groups excluding carboxylic acids is 1. The summed E-state index contributed by atoms with van der Waals surface area (Å²) in [7, 11) is 5.44. The zero-order valence-electron chi connectivity index (χ0n) is 19.7. The van der Waals surface area contributed by atoms with Gasteiger partial charge in [-0.1, -0.05) is 36.4 Å². The van der Waals surface area contributed by atoms with Gasteiger partial charge in [-0.05, 0) is 47.5 Å². The molecule has 8 heteroatoms. The topological polar surface area (TPSA) is 88.3 Å². The summed E-state index contributed by atoms with van der Waals surface area (Å²) in [5, 5.41) is 18.8. The van der Waals surface area contributed by atoms with Crippen molar-refractivity contribution >= 4 is 17.7 Å². The lowest BCUT2D eigenvalue weighted by Crippen LogP contribution is -2.38. The summed E-state index contributed by atoms with van der Waals surface area (Å²) in [5.74, 6) is -0.265. The van der Waals surface area contributed by atoms with Gasteiger partial charge in [0.15, 0.2) is 5.78 Å². The SMILES string of the molecule is COc1ccc(C(=O)[C@@H]2[C@H](c3ccc(N(C)C)cc3)[C@H]([N+](=O)[O-])[C@@H]3c4ccccc4C=NN23)cc1. The second-order valence-electron chi connectivity index (χ2n) is 9.02. The third kappa shape index (κ3) is 3.80. The highest BCUT2D eigenvalue weighted by Crippen LogP contribution is 2.49. The molecule has 178 valence electrons. The summed E-state index contributed by atoms with van der Waals surface area (Å²) in [4.78, 5) is 28.3. The van der Waals surface area contributed by atoms with Crippen molar-refractivity contribution in [2.75, 3.05) is 26.1 Å². The molecule has 0 amide bonds. The molecular weight excluding hydrogens is 444 g/mol. The third-order valence-electron chi connectivity index (χ3n) is 6.93. The molecular formula is C27H26N4O4. The van der Waals surface area contributed by atoms with Crippen LogP contribution in [0.5, 0.6) is 5.75 Å². The first-order valence-electron chi connectivity index (χ1n) is 11.4. The van der Waals surface area contributed by atoms with Gasteiger partial charge in [0.05, 0.1) is 19.2 Å². The lowest BCUT2D eigenvalue weighted by atomic mass is 9.82. The Morgan fingerprint density at radius 3 is 2.34 bits per heavy atom. The number of carbonyl (C=O) groups is 1. The number of anilines is 1. The van der Waals surface area contributed by atoms with Crippen LogP contribution in [-0.2, 0) is 0 Å². The predicted octanol–water partition coefficient (Wildman–Crippen LogP) is 4.15. The number of benzene rings is 3. The molecule has 0 aliphatic carbocycles. The minimum absolute atomic E-state index is 0.208. The number of fused-ring (bicyclic) bond motifs is 3. The molecule has 35 heavy (non-hydrogen) atoms. The molecule has 0 spiro atoms. The van der Waals surface area contributed by atoms with Crippen molar-refractivity contribution in [3.63, 3.8) is 0 Å². The van der Waals surface area contributed by atoms with Crippen LogP contribution < -0.4 is 9.64 Å². The zero-order chi connectivity index (χ0) is 24.7. The number of rotatable bonds is 6. The molecule has 1 saturated heterocycles. The van der Waals surface area contributed by atoms with Crippen LogP contribution in [0, 0.1) is 10.1 Å². The highest BCUT2D eigenvalue weighted by atomic mass is 16.6.